The van der Waals surface area contributed by atoms with Gasteiger partial charge in [0.25, 0.3) is 0 Å². The second-order valence-corrected chi connectivity index (χ2v) is 7.75. The maximum atomic E-state index is 9.54. The molecule has 0 radical (unpaired) electrons. The van der Waals surface area contributed by atoms with Gasteiger partial charge in [0.05, 0.1) is 0 Å². The molecule has 2 N–H and O–H groups in total. The summed E-state index contributed by atoms with van der Waals surface area (Å²) in [6.07, 6.45) is 12.1. The zero-order valence-electron chi connectivity index (χ0n) is 15.6. The SMILES string of the molecule is CC(CC1(CC(C)c2ccc(O)cc2)C=CC=CC1)c1ccc(O)cc1. The van der Waals surface area contributed by atoms with E-state index in [2.05, 4.69) is 38.2 Å². The second kappa shape index (κ2) is 7.82. The Morgan fingerprint density at radius 3 is 1.62 bits per heavy atom. The van der Waals surface area contributed by atoms with Crippen LogP contribution in [0.2, 0.25) is 0 Å². The van der Waals surface area contributed by atoms with Gasteiger partial charge in [-0.1, -0.05) is 62.4 Å². The number of benzene rings is 2. The third-order valence-corrected chi connectivity index (χ3v) is 5.57. The van der Waals surface area contributed by atoms with E-state index in [1.54, 1.807) is 24.3 Å². The topological polar surface area (TPSA) is 40.5 Å². The summed E-state index contributed by atoms with van der Waals surface area (Å²) in [6, 6.07) is 15.2. The summed E-state index contributed by atoms with van der Waals surface area (Å²) in [4.78, 5) is 0. The van der Waals surface area contributed by atoms with E-state index in [0.29, 0.717) is 23.3 Å². The molecule has 0 aromatic heterocycles. The lowest BCUT2D eigenvalue weighted by Crippen LogP contribution is -2.23. The van der Waals surface area contributed by atoms with Gasteiger partial charge in [0.1, 0.15) is 11.5 Å². The first-order valence-corrected chi connectivity index (χ1v) is 9.40. The molecule has 2 aromatic rings. The van der Waals surface area contributed by atoms with Crippen LogP contribution in [0.25, 0.3) is 0 Å². The molecule has 2 nitrogen and oxygen atoms in total. The van der Waals surface area contributed by atoms with Gasteiger partial charge >= 0.3 is 0 Å². The van der Waals surface area contributed by atoms with Gasteiger partial charge in [-0.3, -0.25) is 0 Å². The predicted molar refractivity (Wildman–Crippen MR) is 108 cm³/mol. The summed E-state index contributed by atoms with van der Waals surface area (Å²) in [7, 11) is 0. The van der Waals surface area contributed by atoms with Gasteiger partial charge < -0.3 is 10.2 Å². The summed E-state index contributed by atoms with van der Waals surface area (Å²) >= 11 is 0. The maximum absolute atomic E-state index is 9.54. The largest absolute Gasteiger partial charge is 0.508 e. The normalized spacial score (nSPS) is 21.5. The number of phenols is 2. The van der Waals surface area contributed by atoms with E-state index in [1.165, 1.54) is 11.1 Å². The Morgan fingerprint density at radius 2 is 1.23 bits per heavy atom. The molecule has 3 rings (SSSR count). The summed E-state index contributed by atoms with van der Waals surface area (Å²) in [5.41, 5.74) is 2.66. The fourth-order valence-corrected chi connectivity index (χ4v) is 4.16. The number of aromatic hydroxyl groups is 2. The molecule has 0 fully saturated rings. The zero-order valence-corrected chi connectivity index (χ0v) is 15.6. The van der Waals surface area contributed by atoms with Gasteiger partial charge in [-0.05, 0) is 71.9 Å². The van der Waals surface area contributed by atoms with Crippen molar-refractivity contribution in [2.45, 2.75) is 44.9 Å². The minimum absolute atomic E-state index is 0.128. The first kappa shape index (κ1) is 18.3. The van der Waals surface area contributed by atoms with Crippen LogP contribution in [0.1, 0.15) is 56.1 Å². The van der Waals surface area contributed by atoms with E-state index >= 15 is 0 Å². The van der Waals surface area contributed by atoms with E-state index in [1.807, 2.05) is 24.3 Å². The number of hydrogen-bond acceptors (Lipinski definition) is 2. The molecule has 2 heteroatoms. The quantitative estimate of drug-likeness (QED) is 0.644. The van der Waals surface area contributed by atoms with Gasteiger partial charge in [-0.25, -0.2) is 0 Å². The molecule has 0 amide bonds. The molecular formula is C24H28O2. The van der Waals surface area contributed by atoms with Crippen LogP contribution < -0.4 is 0 Å². The molecule has 136 valence electrons. The second-order valence-electron chi connectivity index (χ2n) is 7.75. The van der Waals surface area contributed by atoms with Crippen LogP contribution in [-0.4, -0.2) is 10.2 Å². The lowest BCUT2D eigenvalue weighted by atomic mass is 9.68. The van der Waals surface area contributed by atoms with E-state index in [4.69, 9.17) is 0 Å². The highest BCUT2D eigenvalue weighted by Gasteiger charge is 2.31. The molecule has 0 aliphatic heterocycles. The van der Waals surface area contributed by atoms with Crippen molar-refractivity contribution < 1.29 is 10.2 Å². The van der Waals surface area contributed by atoms with Gasteiger partial charge in [-0.15, -0.1) is 0 Å². The number of hydrogen-bond donors (Lipinski definition) is 2. The fourth-order valence-electron chi connectivity index (χ4n) is 4.16. The van der Waals surface area contributed by atoms with Crippen LogP contribution in [0, 0.1) is 5.41 Å². The maximum Gasteiger partial charge on any atom is 0.115 e. The lowest BCUT2D eigenvalue weighted by Gasteiger charge is -2.36. The molecule has 0 spiro atoms. The molecular weight excluding hydrogens is 320 g/mol. The summed E-state index contributed by atoms with van der Waals surface area (Å²) < 4.78 is 0. The standard InChI is InChI=1S/C24H28O2/c1-18(20-6-10-22(25)11-7-20)16-24(14-4-3-5-15-24)17-19(2)21-8-12-23(26)13-9-21/h3-14,18-19,25-26H,15-17H2,1-2H3. The van der Waals surface area contributed by atoms with Crippen LogP contribution in [0.4, 0.5) is 0 Å². The van der Waals surface area contributed by atoms with Crippen LogP contribution in [-0.2, 0) is 0 Å². The van der Waals surface area contributed by atoms with Crippen molar-refractivity contribution in [2.75, 3.05) is 0 Å². The minimum Gasteiger partial charge on any atom is -0.508 e. The highest BCUT2D eigenvalue weighted by Crippen LogP contribution is 2.45. The zero-order chi connectivity index (χ0) is 18.6. The van der Waals surface area contributed by atoms with Crippen molar-refractivity contribution >= 4 is 0 Å². The van der Waals surface area contributed by atoms with Crippen molar-refractivity contribution in [1.29, 1.82) is 0 Å². The minimum atomic E-state index is 0.128. The number of phenolic OH excluding ortho intramolecular Hbond substituents is 2. The van der Waals surface area contributed by atoms with Crippen LogP contribution >= 0.6 is 0 Å². The van der Waals surface area contributed by atoms with E-state index in [0.717, 1.165) is 19.3 Å². The highest BCUT2D eigenvalue weighted by atomic mass is 16.3. The fraction of sp³-hybridized carbons (Fsp3) is 0.333. The summed E-state index contributed by atoms with van der Waals surface area (Å²) in [5, 5.41) is 19.1. The molecule has 26 heavy (non-hydrogen) atoms. The Labute approximate surface area is 156 Å². The van der Waals surface area contributed by atoms with Crippen LogP contribution in [0.3, 0.4) is 0 Å². The number of allylic oxidation sites excluding steroid dienone is 4. The van der Waals surface area contributed by atoms with Crippen molar-refractivity contribution in [1.82, 2.24) is 0 Å². The molecule has 2 unspecified atom stereocenters. The summed E-state index contributed by atoms with van der Waals surface area (Å²) in [6.45, 7) is 4.54. The van der Waals surface area contributed by atoms with Crippen LogP contribution in [0.15, 0.2) is 72.8 Å². The predicted octanol–water partition coefficient (Wildman–Crippen LogP) is 6.29. The van der Waals surface area contributed by atoms with Gasteiger partial charge in [0.2, 0.25) is 0 Å². The monoisotopic (exact) mass is 348 g/mol. The third kappa shape index (κ3) is 4.37. The molecule has 2 atom stereocenters. The molecule has 1 aliphatic carbocycles. The molecule has 1 aliphatic rings. The number of rotatable bonds is 6. The highest BCUT2D eigenvalue weighted by molar-refractivity contribution is 5.31. The first-order valence-electron chi connectivity index (χ1n) is 9.40. The Morgan fingerprint density at radius 1 is 0.769 bits per heavy atom. The molecule has 0 saturated heterocycles. The lowest BCUT2D eigenvalue weighted by molar-refractivity contribution is 0.283. The van der Waals surface area contributed by atoms with E-state index < -0.39 is 0 Å². The first-order chi connectivity index (χ1) is 12.5. The van der Waals surface area contributed by atoms with Crippen molar-refractivity contribution in [3.05, 3.63) is 84.0 Å². The van der Waals surface area contributed by atoms with Crippen molar-refractivity contribution in [2.24, 2.45) is 5.41 Å². The van der Waals surface area contributed by atoms with Crippen LogP contribution in [0.5, 0.6) is 11.5 Å². The van der Waals surface area contributed by atoms with Crippen molar-refractivity contribution in [3.63, 3.8) is 0 Å². The smallest absolute Gasteiger partial charge is 0.115 e. The van der Waals surface area contributed by atoms with Gasteiger partial charge in [0, 0.05) is 0 Å². The molecule has 2 aromatic carbocycles. The average molecular weight is 348 g/mol. The molecule has 0 bridgehead atoms. The van der Waals surface area contributed by atoms with Gasteiger partial charge in [0.15, 0.2) is 0 Å². The van der Waals surface area contributed by atoms with Gasteiger partial charge in [-0.2, -0.15) is 0 Å². The summed E-state index contributed by atoms with van der Waals surface area (Å²) in [5.74, 6) is 1.46. The Hall–Kier alpha value is -2.48. The van der Waals surface area contributed by atoms with E-state index in [9.17, 15) is 10.2 Å². The Balaban J connectivity index is 1.78. The third-order valence-electron chi connectivity index (χ3n) is 5.57. The molecule has 0 saturated carbocycles. The van der Waals surface area contributed by atoms with Crippen molar-refractivity contribution in [3.8, 4) is 11.5 Å². The Bertz CT molecular complexity index is 715. The average Bonchev–Trinajstić information content (AvgIpc) is 2.63. The van der Waals surface area contributed by atoms with E-state index in [-0.39, 0.29) is 5.41 Å². The Kier molecular flexibility index (Phi) is 5.51. The molecule has 0 heterocycles.